The van der Waals surface area contributed by atoms with E-state index >= 15 is 0 Å². The Kier molecular flexibility index (Phi) is 3.52. The molecule has 3 rings (SSSR count). The van der Waals surface area contributed by atoms with Gasteiger partial charge in [-0.2, -0.15) is 13.2 Å². The molecule has 0 saturated heterocycles. The minimum Gasteiger partial charge on any atom is -0.306 e. The Hall–Kier alpha value is -2.50. The topological polar surface area (TPSA) is 28.2 Å². The maximum Gasteiger partial charge on any atom is 0.416 e. The molecule has 0 spiro atoms. The predicted molar refractivity (Wildman–Crippen MR) is 79.0 cm³/mol. The van der Waals surface area contributed by atoms with Crippen LogP contribution >= 0.6 is 0 Å². The number of halogens is 3. The maximum absolute atomic E-state index is 13.0. The summed E-state index contributed by atoms with van der Waals surface area (Å²) in [6, 6.07) is 7.33. The third kappa shape index (κ3) is 2.64. The summed E-state index contributed by atoms with van der Waals surface area (Å²) in [6.45, 7) is 2.42. The standard InChI is InChI=1S/C16H14F3N3/c1-11-4-2-7-20-15(11)13-10-12(16(17,18)19)5-6-14(13)22-9-3-8-21-22/h2-8,10,21H,9H2,1H3. The van der Waals surface area contributed by atoms with Crippen LogP contribution in [0.15, 0.2) is 48.8 Å². The fourth-order valence-corrected chi connectivity index (χ4v) is 2.43. The smallest absolute Gasteiger partial charge is 0.306 e. The molecule has 1 aliphatic heterocycles. The third-order valence-corrected chi connectivity index (χ3v) is 3.52. The van der Waals surface area contributed by atoms with Crippen molar-refractivity contribution >= 4 is 5.69 Å². The second kappa shape index (κ2) is 5.36. The number of nitrogens with one attached hydrogen (secondary N) is 1. The van der Waals surface area contributed by atoms with Crippen LogP contribution in [-0.4, -0.2) is 11.5 Å². The first kappa shape index (κ1) is 14.4. The van der Waals surface area contributed by atoms with Gasteiger partial charge in [-0.3, -0.25) is 9.99 Å². The average Bonchev–Trinajstić information content (AvgIpc) is 3.00. The van der Waals surface area contributed by atoms with Crippen LogP contribution in [0, 0.1) is 6.92 Å². The highest BCUT2D eigenvalue weighted by molar-refractivity contribution is 5.79. The molecule has 114 valence electrons. The molecule has 1 aromatic heterocycles. The van der Waals surface area contributed by atoms with Gasteiger partial charge in [-0.05, 0) is 42.8 Å². The zero-order chi connectivity index (χ0) is 15.7. The Morgan fingerprint density at radius 2 is 2.05 bits per heavy atom. The predicted octanol–water partition coefficient (Wildman–Crippen LogP) is 3.91. The van der Waals surface area contributed by atoms with E-state index in [1.54, 1.807) is 23.5 Å². The van der Waals surface area contributed by atoms with Crippen LogP contribution in [0.25, 0.3) is 11.3 Å². The van der Waals surface area contributed by atoms with Crippen LogP contribution in [0.3, 0.4) is 0 Å². The van der Waals surface area contributed by atoms with E-state index in [0.717, 1.165) is 17.7 Å². The molecule has 1 N–H and O–H groups in total. The molecule has 0 atom stereocenters. The van der Waals surface area contributed by atoms with Crippen molar-refractivity contribution in [2.75, 3.05) is 11.6 Å². The van der Waals surface area contributed by atoms with Crippen LogP contribution in [0.1, 0.15) is 11.1 Å². The monoisotopic (exact) mass is 305 g/mol. The summed E-state index contributed by atoms with van der Waals surface area (Å²) in [5.41, 5.74) is 4.84. The summed E-state index contributed by atoms with van der Waals surface area (Å²) in [5.74, 6) is 0. The number of anilines is 1. The van der Waals surface area contributed by atoms with Crippen LogP contribution in [0.2, 0.25) is 0 Å². The molecule has 2 heterocycles. The van der Waals surface area contributed by atoms with Gasteiger partial charge in [0.15, 0.2) is 0 Å². The number of hydrogen-bond acceptors (Lipinski definition) is 3. The molecule has 0 radical (unpaired) electrons. The van der Waals surface area contributed by atoms with Gasteiger partial charge >= 0.3 is 6.18 Å². The van der Waals surface area contributed by atoms with Gasteiger partial charge in [0.2, 0.25) is 0 Å². The quantitative estimate of drug-likeness (QED) is 0.911. The molecule has 6 heteroatoms. The summed E-state index contributed by atoms with van der Waals surface area (Å²) in [7, 11) is 0. The van der Waals surface area contributed by atoms with E-state index in [9.17, 15) is 13.2 Å². The summed E-state index contributed by atoms with van der Waals surface area (Å²) < 4.78 is 39.1. The van der Waals surface area contributed by atoms with E-state index in [4.69, 9.17) is 0 Å². The molecular weight excluding hydrogens is 291 g/mol. The summed E-state index contributed by atoms with van der Waals surface area (Å²) in [6.07, 6.45) is 0.855. The number of pyridine rings is 1. The number of hydrogen-bond donors (Lipinski definition) is 1. The Balaban J connectivity index is 2.17. The summed E-state index contributed by atoms with van der Waals surface area (Å²) in [4.78, 5) is 4.26. The van der Waals surface area contributed by atoms with Crippen LogP contribution in [0.4, 0.5) is 18.9 Å². The SMILES string of the molecule is Cc1cccnc1-c1cc(C(F)(F)F)ccc1N1CC=CN1. The van der Waals surface area contributed by atoms with E-state index < -0.39 is 11.7 Å². The minimum atomic E-state index is -4.38. The van der Waals surface area contributed by atoms with E-state index in [-0.39, 0.29) is 0 Å². The lowest BCUT2D eigenvalue weighted by Crippen LogP contribution is -2.30. The van der Waals surface area contributed by atoms with Crippen LogP contribution < -0.4 is 10.4 Å². The summed E-state index contributed by atoms with van der Waals surface area (Å²) in [5, 5.41) is 1.78. The zero-order valence-corrected chi connectivity index (χ0v) is 11.9. The number of hydrazine groups is 1. The first-order valence-electron chi connectivity index (χ1n) is 6.79. The van der Waals surface area contributed by atoms with Gasteiger partial charge in [0, 0.05) is 18.0 Å². The molecular formula is C16H14F3N3. The van der Waals surface area contributed by atoms with Crippen molar-refractivity contribution in [1.82, 2.24) is 10.4 Å². The highest BCUT2D eigenvalue weighted by Crippen LogP contribution is 2.37. The molecule has 22 heavy (non-hydrogen) atoms. The average molecular weight is 305 g/mol. The first-order valence-corrected chi connectivity index (χ1v) is 6.79. The highest BCUT2D eigenvalue weighted by atomic mass is 19.4. The normalized spacial score (nSPS) is 14.3. The van der Waals surface area contributed by atoms with Gasteiger partial charge in [0.05, 0.1) is 23.5 Å². The largest absolute Gasteiger partial charge is 0.416 e. The Labute approximate surface area is 126 Å². The number of nitrogens with zero attached hydrogens (tertiary/aromatic N) is 2. The second-order valence-corrected chi connectivity index (χ2v) is 5.04. The number of alkyl halides is 3. The lowest BCUT2D eigenvalue weighted by atomic mass is 10.0. The molecule has 1 aromatic carbocycles. The molecule has 2 aromatic rings. The Morgan fingerprint density at radius 1 is 1.23 bits per heavy atom. The van der Waals surface area contributed by atoms with E-state index in [0.29, 0.717) is 23.5 Å². The number of aromatic nitrogens is 1. The molecule has 0 unspecified atom stereocenters. The van der Waals surface area contributed by atoms with Crippen molar-refractivity contribution in [3.05, 3.63) is 59.9 Å². The number of benzene rings is 1. The molecule has 0 aliphatic carbocycles. The van der Waals surface area contributed by atoms with Gasteiger partial charge in [0.1, 0.15) is 0 Å². The van der Waals surface area contributed by atoms with Gasteiger partial charge in [0.25, 0.3) is 0 Å². The Bertz CT molecular complexity index is 715. The number of aryl methyl sites for hydroxylation is 1. The fraction of sp³-hybridized carbons (Fsp3) is 0.188. The van der Waals surface area contributed by atoms with E-state index in [1.165, 1.54) is 6.07 Å². The molecule has 0 saturated carbocycles. The summed E-state index contributed by atoms with van der Waals surface area (Å²) >= 11 is 0. The third-order valence-electron chi connectivity index (χ3n) is 3.52. The van der Waals surface area contributed by atoms with Crippen molar-refractivity contribution in [2.24, 2.45) is 0 Å². The minimum absolute atomic E-state index is 0.462. The lowest BCUT2D eigenvalue weighted by molar-refractivity contribution is -0.137. The van der Waals surface area contributed by atoms with Crippen LogP contribution in [0.5, 0.6) is 0 Å². The lowest BCUT2D eigenvalue weighted by Gasteiger charge is -2.23. The molecule has 0 fully saturated rings. The zero-order valence-electron chi connectivity index (χ0n) is 11.9. The van der Waals surface area contributed by atoms with Crippen molar-refractivity contribution < 1.29 is 13.2 Å². The maximum atomic E-state index is 13.0. The van der Waals surface area contributed by atoms with Crippen LogP contribution in [-0.2, 0) is 6.18 Å². The highest BCUT2D eigenvalue weighted by Gasteiger charge is 2.32. The van der Waals surface area contributed by atoms with Gasteiger partial charge in [-0.15, -0.1) is 0 Å². The van der Waals surface area contributed by atoms with Crippen molar-refractivity contribution in [3.8, 4) is 11.3 Å². The van der Waals surface area contributed by atoms with E-state index in [2.05, 4.69) is 10.4 Å². The molecule has 3 nitrogen and oxygen atoms in total. The van der Waals surface area contributed by atoms with Gasteiger partial charge in [-0.1, -0.05) is 6.07 Å². The fourth-order valence-electron chi connectivity index (χ4n) is 2.43. The van der Waals surface area contributed by atoms with Crippen molar-refractivity contribution in [1.29, 1.82) is 0 Å². The van der Waals surface area contributed by atoms with E-state index in [1.807, 2.05) is 19.1 Å². The molecule has 0 bridgehead atoms. The molecule has 1 aliphatic rings. The van der Waals surface area contributed by atoms with Crippen molar-refractivity contribution in [3.63, 3.8) is 0 Å². The number of rotatable bonds is 2. The van der Waals surface area contributed by atoms with Gasteiger partial charge in [-0.25, -0.2) is 0 Å². The second-order valence-electron chi connectivity index (χ2n) is 5.04. The Morgan fingerprint density at radius 3 is 2.68 bits per heavy atom. The van der Waals surface area contributed by atoms with Gasteiger partial charge < -0.3 is 5.43 Å². The van der Waals surface area contributed by atoms with Crippen molar-refractivity contribution in [2.45, 2.75) is 13.1 Å². The first-order chi connectivity index (χ1) is 10.5. The molecule has 0 amide bonds.